The van der Waals surface area contributed by atoms with Crippen molar-refractivity contribution < 1.29 is 13.5 Å². The van der Waals surface area contributed by atoms with Gasteiger partial charge < -0.3 is 4.74 Å². The van der Waals surface area contributed by atoms with E-state index in [0.29, 0.717) is 30.4 Å². The lowest BCUT2D eigenvalue weighted by Crippen LogP contribution is -2.01. The summed E-state index contributed by atoms with van der Waals surface area (Å²) >= 11 is 0. The largest absolute Gasteiger partial charge is 0.435 e. The molecule has 0 aliphatic carbocycles. The number of nitriles is 2. The molecule has 2 aromatic carbocycles. The topological polar surface area (TPSA) is 56.8 Å². The van der Waals surface area contributed by atoms with Crippen LogP contribution in [0.3, 0.4) is 0 Å². The van der Waals surface area contributed by atoms with Gasteiger partial charge in [0.05, 0.1) is 17.7 Å². The van der Waals surface area contributed by atoms with Gasteiger partial charge in [-0.15, -0.1) is 0 Å². The fourth-order valence-corrected chi connectivity index (χ4v) is 2.21. The average molecular weight is 336 g/mol. The molecule has 0 unspecified atom stereocenters. The Kier molecular flexibility index (Phi) is 6.52. The van der Waals surface area contributed by atoms with Gasteiger partial charge in [-0.05, 0) is 60.9 Å². The highest BCUT2D eigenvalue weighted by molar-refractivity contribution is 5.49. The Morgan fingerprint density at radius 2 is 1.64 bits per heavy atom. The van der Waals surface area contributed by atoms with E-state index in [9.17, 15) is 8.78 Å². The number of unbranched alkanes of at least 4 members (excludes halogenated alkanes) is 1. The van der Waals surface area contributed by atoms with Crippen molar-refractivity contribution in [1.82, 2.24) is 0 Å². The Morgan fingerprint density at radius 1 is 0.960 bits per heavy atom. The Labute approximate surface area is 145 Å². The molecular weight excluding hydrogens is 322 g/mol. The second-order valence-corrected chi connectivity index (χ2v) is 5.15. The van der Waals surface area contributed by atoms with E-state index in [2.05, 4.69) is 28.7 Å². The minimum atomic E-state index is -2.85. The molecule has 0 atom stereocenters. The maximum atomic E-state index is 12.1. The summed E-state index contributed by atoms with van der Waals surface area (Å²) in [7, 11) is 0. The minimum Gasteiger partial charge on any atom is -0.435 e. The summed E-state index contributed by atoms with van der Waals surface area (Å²) in [6, 6.07) is 15.6. The molecule has 0 aromatic heterocycles. The molecule has 2 aromatic rings. The van der Waals surface area contributed by atoms with Crippen LogP contribution in [0.25, 0.3) is 0 Å². The first-order valence-electron chi connectivity index (χ1n) is 7.59. The summed E-state index contributed by atoms with van der Waals surface area (Å²) in [5.41, 5.74) is 2.86. The number of hydrogen-bond acceptors (Lipinski definition) is 3. The number of halogens is 2. The number of nitrogens with zero attached hydrogens (tertiary/aromatic N) is 2. The summed E-state index contributed by atoms with van der Waals surface area (Å²) in [5.74, 6) is 6.02. The zero-order valence-corrected chi connectivity index (χ0v) is 13.3. The first kappa shape index (κ1) is 18.0. The summed E-state index contributed by atoms with van der Waals surface area (Å²) in [6.45, 7) is -2.85. The van der Waals surface area contributed by atoms with Crippen molar-refractivity contribution >= 4 is 0 Å². The van der Waals surface area contributed by atoms with E-state index in [-0.39, 0.29) is 5.75 Å². The van der Waals surface area contributed by atoms with Crippen molar-refractivity contribution in [2.45, 2.75) is 25.9 Å². The minimum absolute atomic E-state index is 0.0821. The van der Waals surface area contributed by atoms with Crippen LogP contribution in [0.1, 0.15) is 35.1 Å². The molecule has 0 aliphatic heterocycles. The molecule has 25 heavy (non-hydrogen) atoms. The van der Waals surface area contributed by atoms with Crippen LogP contribution in [0.15, 0.2) is 42.5 Å². The molecule has 2 rings (SSSR count). The van der Waals surface area contributed by atoms with Crippen LogP contribution in [0.2, 0.25) is 0 Å². The van der Waals surface area contributed by atoms with E-state index >= 15 is 0 Å². The molecule has 0 aliphatic rings. The summed E-state index contributed by atoms with van der Waals surface area (Å²) in [4.78, 5) is 0. The Bertz CT molecular complexity index is 866. The summed E-state index contributed by atoms with van der Waals surface area (Å²) in [5, 5.41) is 17.8. The Morgan fingerprint density at radius 3 is 2.28 bits per heavy atom. The van der Waals surface area contributed by atoms with E-state index in [1.807, 2.05) is 6.07 Å². The number of alkyl halides is 2. The Hall–Kier alpha value is -3.36. The van der Waals surface area contributed by atoms with Gasteiger partial charge in [0.2, 0.25) is 0 Å². The highest BCUT2D eigenvalue weighted by Gasteiger charge is 2.04. The molecule has 0 saturated carbocycles. The average Bonchev–Trinajstić information content (AvgIpc) is 2.61. The van der Waals surface area contributed by atoms with Gasteiger partial charge in [0.1, 0.15) is 5.75 Å². The van der Waals surface area contributed by atoms with Crippen molar-refractivity contribution in [3.8, 4) is 29.7 Å². The van der Waals surface area contributed by atoms with Gasteiger partial charge in [0.25, 0.3) is 0 Å². The van der Waals surface area contributed by atoms with Crippen molar-refractivity contribution in [2.24, 2.45) is 0 Å². The van der Waals surface area contributed by atoms with Crippen LogP contribution in [-0.4, -0.2) is 6.61 Å². The second-order valence-electron chi connectivity index (χ2n) is 5.15. The molecule has 0 saturated heterocycles. The van der Waals surface area contributed by atoms with Crippen LogP contribution in [0, 0.1) is 34.5 Å². The van der Waals surface area contributed by atoms with Gasteiger partial charge in [0, 0.05) is 17.5 Å². The lowest BCUT2D eigenvalue weighted by molar-refractivity contribution is -0.0498. The molecule has 0 spiro atoms. The fourth-order valence-electron chi connectivity index (χ4n) is 2.21. The first-order chi connectivity index (χ1) is 12.1. The zero-order valence-electron chi connectivity index (χ0n) is 13.3. The normalized spacial score (nSPS) is 9.64. The molecule has 124 valence electrons. The predicted octanol–water partition coefficient (Wildman–Crippen LogP) is 4.41. The van der Waals surface area contributed by atoms with Crippen LogP contribution < -0.4 is 4.74 Å². The molecule has 0 amide bonds. The van der Waals surface area contributed by atoms with Crippen LogP contribution in [0.4, 0.5) is 8.78 Å². The Balaban J connectivity index is 2.15. The van der Waals surface area contributed by atoms with E-state index < -0.39 is 6.61 Å². The van der Waals surface area contributed by atoms with Crippen LogP contribution in [-0.2, 0) is 6.42 Å². The zero-order chi connectivity index (χ0) is 18.1. The summed E-state index contributed by atoms with van der Waals surface area (Å²) < 4.78 is 28.5. The molecule has 0 N–H and O–H groups in total. The predicted molar refractivity (Wildman–Crippen MR) is 88.8 cm³/mol. The third-order valence-corrected chi connectivity index (χ3v) is 3.39. The standard InChI is InChI=1S/C20H14F2N2O/c21-20(22)25-19-10-7-15(8-11-19)4-5-16-6-9-18(14-24)17(13-16)3-1-2-12-23/h6-11,13,20H,1-3H2. The summed E-state index contributed by atoms with van der Waals surface area (Å²) in [6.07, 6.45) is 1.77. The van der Waals surface area contributed by atoms with E-state index in [0.717, 1.165) is 11.1 Å². The number of aryl methyl sites for hydroxylation is 1. The van der Waals surface area contributed by atoms with Crippen molar-refractivity contribution in [3.63, 3.8) is 0 Å². The quantitative estimate of drug-likeness (QED) is 0.600. The number of hydrogen-bond donors (Lipinski definition) is 0. The maximum Gasteiger partial charge on any atom is 0.387 e. The monoisotopic (exact) mass is 336 g/mol. The molecule has 0 fully saturated rings. The van der Waals surface area contributed by atoms with Crippen molar-refractivity contribution in [3.05, 3.63) is 64.7 Å². The van der Waals surface area contributed by atoms with E-state index in [1.54, 1.807) is 24.3 Å². The molecule has 0 bridgehead atoms. The van der Waals surface area contributed by atoms with Gasteiger partial charge >= 0.3 is 6.61 Å². The van der Waals surface area contributed by atoms with Gasteiger partial charge in [-0.2, -0.15) is 19.3 Å². The molecule has 0 heterocycles. The van der Waals surface area contributed by atoms with Gasteiger partial charge in [-0.1, -0.05) is 11.8 Å². The number of ether oxygens (including phenoxy) is 1. The highest BCUT2D eigenvalue weighted by Crippen LogP contribution is 2.16. The lowest BCUT2D eigenvalue weighted by atomic mass is 10.00. The maximum absolute atomic E-state index is 12.1. The highest BCUT2D eigenvalue weighted by atomic mass is 19.3. The molecule has 5 heteroatoms. The number of benzene rings is 2. The van der Waals surface area contributed by atoms with Gasteiger partial charge in [-0.3, -0.25) is 0 Å². The third kappa shape index (κ3) is 5.65. The third-order valence-electron chi connectivity index (χ3n) is 3.39. The van der Waals surface area contributed by atoms with Crippen molar-refractivity contribution in [2.75, 3.05) is 0 Å². The molecular formula is C20H14F2N2O. The molecule has 0 radical (unpaired) electrons. The smallest absolute Gasteiger partial charge is 0.387 e. The first-order valence-corrected chi connectivity index (χ1v) is 7.59. The van der Waals surface area contributed by atoms with E-state index in [4.69, 9.17) is 10.5 Å². The molecule has 3 nitrogen and oxygen atoms in total. The second kappa shape index (κ2) is 9.06. The lowest BCUT2D eigenvalue weighted by Gasteiger charge is -2.04. The van der Waals surface area contributed by atoms with Crippen LogP contribution >= 0.6 is 0 Å². The fraction of sp³-hybridized carbons (Fsp3) is 0.200. The van der Waals surface area contributed by atoms with E-state index in [1.165, 1.54) is 12.1 Å². The van der Waals surface area contributed by atoms with Gasteiger partial charge in [-0.25, -0.2) is 0 Å². The van der Waals surface area contributed by atoms with Crippen molar-refractivity contribution in [1.29, 1.82) is 10.5 Å². The SMILES string of the molecule is N#CCCCc1cc(C#Cc2ccc(OC(F)F)cc2)ccc1C#N. The van der Waals surface area contributed by atoms with Crippen LogP contribution in [0.5, 0.6) is 5.75 Å². The van der Waals surface area contributed by atoms with Gasteiger partial charge in [0.15, 0.2) is 0 Å². The number of rotatable bonds is 5.